The number of benzene rings is 1. The third-order valence-electron chi connectivity index (χ3n) is 5.63. The molecule has 1 aliphatic heterocycles. The Labute approximate surface area is 144 Å². The molecule has 3 nitrogen and oxygen atoms in total. The fourth-order valence-electron chi connectivity index (χ4n) is 3.85. The molecule has 2 fully saturated rings. The van der Waals surface area contributed by atoms with E-state index in [2.05, 4.69) is 31.0 Å². The van der Waals surface area contributed by atoms with E-state index in [1.807, 2.05) is 0 Å². The van der Waals surface area contributed by atoms with Gasteiger partial charge in [-0.15, -0.1) is 0 Å². The van der Waals surface area contributed by atoms with Gasteiger partial charge in [0.05, 0.1) is 0 Å². The molecule has 0 aromatic heterocycles. The number of rotatable bonds is 5. The van der Waals surface area contributed by atoms with Crippen molar-refractivity contribution in [3.63, 3.8) is 0 Å². The molecule has 1 saturated carbocycles. The van der Waals surface area contributed by atoms with Crippen LogP contribution >= 0.6 is 0 Å². The summed E-state index contributed by atoms with van der Waals surface area (Å²) in [5.41, 5.74) is 1.06. The van der Waals surface area contributed by atoms with E-state index in [9.17, 15) is 9.18 Å². The standard InChI is InChI=1S/C20H29FN2O/c1-14-5-4-10-23(12-14)20(2,3)13-22-19(24)18-11-17(18)15-6-8-16(21)9-7-15/h6-9,14,17-18H,4-5,10-13H2,1-3H3,(H,22,24). The van der Waals surface area contributed by atoms with E-state index >= 15 is 0 Å². The zero-order valence-corrected chi connectivity index (χ0v) is 15.0. The Hall–Kier alpha value is -1.42. The first-order valence-corrected chi connectivity index (χ1v) is 9.15. The van der Waals surface area contributed by atoms with Crippen molar-refractivity contribution < 1.29 is 9.18 Å². The van der Waals surface area contributed by atoms with Gasteiger partial charge in [-0.3, -0.25) is 9.69 Å². The van der Waals surface area contributed by atoms with Gasteiger partial charge in [-0.2, -0.15) is 0 Å². The van der Waals surface area contributed by atoms with Crippen molar-refractivity contribution in [1.29, 1.82) is 0 Å². The number of nitrogens with one attached hydrogen (secondary N) is 1. The average molecular weight is 332 g/mol. The van der Waals surface area contributed by atoms with Gasteiger partial charge in [0.25, 0.3) is 0 Å². The van der Waals surface area contributed by atoms with Crippen molar-refractivity contribution in [2.24, 2.45) is 11.8 Å². The molecule has 0 radical (unpaired) electrons. The van der Waals surface area contributed by atoms with Crippen LogP contribution in [0.15, 0.2) is 24.3 Å². The van der Waals surface area contributed by atoms with Gasteiger partial charge in [0, 0.05) is 24.5 Å². The lowest BCUT2D eigenvalue weighted by Crippen LogP contribution is -2.54. The second-order valence-electron chi connectivity index (χ2n) is 8.22. The Morgan fingerprint density at radius 3 is 2.71 bits per heavy atom. The first kappa shape index (κ1) is 17.4. The number of likely N-dealkylation sites (tertiary alicyclic amines) is 1. The topological polar surface area (TPSA) is 32.3 Å². The van der Waals surface area contributed by atoms with Gasteiger partial charge in [-0.05, 0) is 69.2 Å². The van der Waals surface area contributed by atoms with Crippen LogP contribution in [0.4, 0.5) is 4.39 Å². The molecule has 4 heteroatoms. The van der Waals surface area contributed by atoms with Crippen molar-refractivity contribution in [3.05, 3.63) is 35.6 Å². The number of hydrogen-bond donors (Lipinski definition) is 1. The highest BCUT2D eigenvalue weighted by Crippen LogP contribution is 2.47. The van der Waals surface area contributed by atoms with E-state index < -0.39 is 0 Å². The zero-order valence-electron chi connectivity index (χ0n) is 15.0. The van der Waals surface area contributed by atoms with Gasteiger partial charge >= 0.3 is 0 Å². The molecule has 3 atom stereocenters. The highest BCUT2D eigenvalue weighted by molar-refractivity contribution is 5.82. The predicted molar refractivity (Wildman–Crippen MR) is 94.3 cm³/mol. The lowest BCUT2D eigenvalue weighted by Gasteiger charge is -2.43. The molecule has 1 amide bonds. The normalized spacial score (nSPS) is 27.8. The zero-order chi connectivity index (χ0) is 17.3. The van der Waals surface area contributed by atoms with Crippen molar-refractivity contribution >= 4 is 5.91 Å². The van der Waals surface area contributed by atoms with E-state index in [1.165, 1.54) is 25.0 Å². The number of hydrogen-bond acceptors (Lipinski definition) is 2. The maximum absolute atomic E-state index is 13.0. The first-order valence-electron chi connectivity index (χ1n) is 9.15. The molecule has 3 rings (SSSR count). The third kappa shape index (κ3) is 3.97. The minimum Gasteiger partial charge on any atom is -0.354 e. The molecule has 0 bridgehead atoms. The molecule has 0 spiro atoms. The lowest BCUT2D eigenvalue weighted by molar-refractivity contribution is -0.123. The van der Waals surface area contributed by atoms with Crippen molar-refractivity contribution in [3.8, 4) is 0 Å². The van der Waals surface area contributed by atoms with E-state index in [4.69, 9.17) is 0 Å². The number of carbonyl (C=O) groups excluding carboxylic acids is 1. The molecule has 1 N–H and O–H groups in total. The van der Waals surface area contributed by atoms with E-state index in [0.29, 0.717) is 6.54 Å². The van der Waals surface area contributed by atoms with Gasteiger partial charge in [-0.25, -0.2) is 4.39 Å². The Balaban J connectivity index is 1.50. The van der Waals surface area contributed by atoms with Crippen LogP contribution in [0, 0.1) is 17.7 Å². The second-order valence-corrected chi connectivity index (χ2v) is 8.22. The van der Waals surface area contributed by atoms with Crippen LogP contribution in [0.3, 0.4) is 0 Å². The quantitative estimate of drug-likeness (QED) is 0.894. The number of amides is 1. The molecule has 3 unspecified atom stereocenters. The number of nitrogens with zero attached hydrogens (tertiary/aromatic N) is 1. The van der Waals surface area contributed by atoms with Crippen LogP contribution in [0.2, 0.25) is 0 Å². The Bertz CT molecular complexity index is 584. The number of carbonyl (C=O) groups is 1. The molecule has 1 saturated heterocycles. The highest BCUT2D eigenvalue weighted by Gasteiger charge is 2.44. The fourth-order valence-corrected chi connectivity index (χ4v) is 3.85. The summed E-state index contributed by atoms with van der Waals surface area (Å²) in [5.74, 6) is 0.954. The Morgan fingerprint density at radius 2 is 2.04 bits per heavy atom. The summed E-state index contributed by atoms with van der Waals surface area (Å²) in [6.07, 6.45) is 3.42. The molecule has 1 aliphatic carbocycles. The summed E-state index contributed by atoms with van der Waals surface area (Å²) in [7, 11) is 0. The molecular weight excluding hydrogens is 303 g/mol. The molecule has 1 aromatic carbocycles. The van der Waals surface area contributed by atoms with E-state index in [1.54, 1.807) is 12.1 Å². The minimum absolute atomic E-state index is 0.00932. The third-order valence-corrected chi connectivity index (χ3v) is 5.63. The van der Waals surface area contributed by atoms with Crippen LogP contribution in [0.25, 0.3) is 0 Å². The SMILES string of the molecule is CC1CCCN(C(C)(C)CNC(=O)C2CC2c2ccc(F)cc2)C1. The minimum atomic E-state index is -0.224. The highest BCUT2D eigenvalue weighted by atomic mass is 19.1. The predicted octanol–water partition coefficient (Wildman–Crippen LogP) is 3.56. The van der Waals surface area contributed by atoms with Crippen LogP contribution < -0.4 is 5.32 Å². The fraction of sp³-hybridized carbons (Fsp3) is 0.650. The van der Waals surface area contributed by atoms with E-state index in [-0.39, 0.29) is 29.1 Å². The largest absolute Gasteiger partial charge is 0.354 e. The van der Waals surface area contributed by atoms with Gasteiger partial charge in [0.15, 0.2) is 0 Å². The van der Waals surface area contributed by atoms with Crippen molar-refractivity contribution in [2.75, 3.05) is 19.6 Å². The van der Waals surface area contributed by atoms with Gasteiger partial charge in [0.2, 0.25) is 5.91 Å². The lowest BCUT2D eigenvalue weighted by atomic mass is 9.93. The van der Waals surface area contributed by atoms with Gasteiger partial charge in [0.1, 0.15) is 5.82 Å². The summed E-state index contributed by atoms with van der Waals surface area (Å²) < 4.78 is 13.0. The Kier molecular flexibility index (Phi) is 4.95. The van der Waals surface area contributed by atoms with Crippen LogP contribution in [0.5, 0.6) is 0 Å². The number of halogens is 1. The molecule has 1 aromatic rings. The molecule has 2 aliphatic rings. The number of piperidine rings is 1. The van der Waals surface area contributed by atoms with Crippen LogP contribution in [-0.4, -0.2) is 36.0 Å². The molecule has 1 heterocycles. The van der Waals surface area contributed by atoms with Crippen LogP contribution in [0.1, 0.15) is 51.5 Å². The summed E-state index contributed by atoms with van der Waals surface area (Å²) >= 11 is 0. The van der Waals surface area contributed by atoms with Gasteiger partial charge in [-0.1, -0.05) is 19.1 Å². The Morgan fingerprint density at radius 1 is 1.33 bits per heavy atom. The van der Waals surface area contributed by atoms with E-state index in [0.717, 1.165) is 31.0 Å². The maximum atomic E-state index is 13.0. The maximum Gasteiger partial charge on any atom is 0.223 e. The average Bonchev–Trinajstić information content (AvgIpc) is 3.34. The monoisotopic (exact) mass is 332 g/mol. The first-order chi connectivity index (χ1) is 11.4. The molecular formula is C20H29FN2O. The second kappa shape index (κ2) is 6.83. The van der Waals surface area contributed by atoms with Gasteiger partial charge < -0.3 is 5.32 Å². The summed E-state index contributed by atoms with van der Waals surface area (Å²) in [5, 5.41) is 3.15. The molecule has 24 heavy (non-hydrogen) atoms. The van der Waals surface area contributed by atoms with Crippen LogP contribution in [-0.2, 0) is 4.79 Å². The van der Waals surface area contributed by atoms with Crippen molar-refractivity contribution in [1.82, 2.24) is 10.2 Å². The molecule has 132 valence electrons. The summed E-state index contributed by atoms with van der Waals surface area (Å²) in [6.45, 7) is 9.66. The summed E-state index contributed by atoms with van der Waals surface area (Å²) in [6, 6.07) is 6.55. The van der Waals surface area contributed by atoms with Crippen molar-refractivity contribution in [2.45, 2.75) is 51.5 Å². The smallest absolute Gasteiger partial charge is 0.223 e. The summed E-state index contributed by atoms with van der Waals surface area (Å²) in [4.78, 5) is 15.0.